The van der Waals surface area contributed by atoms with Gasteiger partial charge in [-0.15, -0.1) is 0 Å². The summed E-state index contributed by atoms with van der Waals surface area (Å²) in [5, 5.41) is 25.1. The van der Waals surface area contributed by atoms with Gasteiger partial charge in [-0.3, -0.25) is 21.0 Å². The van der Waals surface area contributed by atoms with Crippen LogP contribution in [0, 0.1) is 16.2 Å². The molecule has 0 heterocycles. The van der Waals surface area contributed by atoms with E-state index in [0.29, 0.717) is 16.8 Å². The van der Waals surface area contributed by atoms with Gasteiger partial charge in [0.05, 0.1) is 11.4 Å². The Morgan fingerprint density at radius 1 is 1.18 bits per heavy atom. The maximum Gasteiger partial charge on any atom is 0.251 e. The molecule has 0 saturated heterocycles. The van der Waals surface area contributed by atoms with Gasteiger partial charge in [0.1, 0.15) is 5.84 Å². The largest absolute Gasteiger partial charge is 0.398 e. The van der Waals surface area contributed by atoms with E-state index in [9.17, 15) is 4.79 Å². The van der Waals surface area contributed by atoms with Crippen molar-refractivity contribution in [2.24, 2.45) is 5.73 Å². The zero-order valence-corrected chi connectivity index (χ0v) is 11.7. The second-order valence-corrected chi connectivity index (χ2v) is 4.78. The normalized spacial score (nSPS) is 13.7. The Labute approximate surface area is 127 Å². The molecule has 0 aromatic heterocycles. The van der Waals surface area contributed by atoms with Gasteiger partial charge in [-0.1, -0.05) is 6.08 Å². The first kappa shape index (κ1) is 15.2. The molecule has 1 aliphatic carbocycles. The van der Waals surface area contributed by atoms with Crippen LogP contribution in [0.15, 0.2) is 42.0 Å². The molecular formula is C15H16N6O. The zero-order valence-electron chi connectivity index (χ0n) is 11.7. The number of carbonyl (C=O) groups is 1. The number of carbonyl (C=O) groups excluding carboxylic acids is 1. The number of hydrogen-bond acceptors (Lipinski definition) is 5. The molecule has 112 valence electrons. The molecule has 1 aliphatic rings. The Morgan fingerprint density at radius 2 is 1.91 bits per heavy atom. The fourth-order valence-corrected chi connectivity index (χ4v) is 1.92. The highest BCUT2D eigenvalue weighted by Crippen LogP contribution is 2.14. The summed E-state index contributed by atoms with van der Waals surface area (Å²) < 4.78 is 0. The Morgan fingerprint density at radius 3 is 2.55 bits per heavy atom. The number of nitrogens with one attached hydrogen (secondary N) is 4. The minimum atomic E-state index is -0.330. The third kappa shape index (κ3) is 3.26. The number of benzene rings is 1. The van der Waals surface area contributed by atoms with Gasteiger partial charge in [-0.2, -0.15) is 0 Å². The Hall–Kier alpha value is -3.22. The topological polar surface area (TPSA) is 153 Å². The SMILES string of the molecule is N=C1C=CC(CNC(=O)c2ccc(N)c(C(=N)N)c2)=CC1=N. The third-order valence-electron chi connectivity index (χ3n) is 3.14. The van der Waals surface area contributed by atoms with E-state index in [1.807, 2.05) is 0 Å². The second-order valence-electron chi connectivity index (χ2n) is 4.78. The molecule has 1 aromatic rings. The molecule has 0 spiro atoms. The van der Waals surface area contributed by atoms with Gasteiger partial charge in [0.15, 0.2) is 0 Å². The smallest absolute Gasteiger partial charge is 0.251 e. The van der Waals surface area contributed by atoms with Crippen LogP contribution in [0.5, 0.6) is 0 Å². The van der Waals surface area contributed by atoms with Crippen molar-refractivity contribution in [3.63, 3.8) is 0 Å². The van der Waals surface area contributed by atoms with Crippen LogP contribution in [0.4, 0.5) is 5.69 Å². The first-order valence-corrected chi connectivity index (χ1v) is 6.46. The molecule has 0 aliphatic heterocycles. The number of amidine groups is 1. The third-order valence-corrected chi connectivity index (χ3v) is 3.14. The van der Waals surface area contributed by atoms with Crippen molar-refractivity contribution in [1.82, 2.24) is 5.32 Å². The average Bonchev–Trinajstić information content (AvgIpc) is 2.48. The van der Waals surface area contributed by atoms with Gasteiger partial charge >= 0.3 is 0 Å². The molecule has 0 radical (unpaired) electrons. The van der Waals surface area contributed by atoms with E-state index < -0.39 is 0 Å². The molecule has 7 heteroatoms. The summed E-state index contributed by atoms with van der Waals surface area (Å²) in [6.45, 7) is 0.241. The number of anilines is 1. The highest BCUT2D eigenvalue weighted by molar-refractivity contribution is 6.49. The van der Waals surface area contributed by atoms with Crippen LogP contribution in [0.1, 0.15) is 15.9 Å². The fraction of sp³-hybridized carbons (Fsp3) is 0.0667. The van der Waals surface area contributed by atoms with Crippen LogP contribution in [-0.4, -0.2) is 29.7 Å². The van der Waals surface area contributed by atoms with Crippen LogP contribution >= 0.6 is 0 Å². The summed E-state index contributed by atoms with van der Waals surface area (Å²) in [5.41, 5.74) is 13.1. The molecule has 0 atom stereocenters. The van der Waals surface area contributed by atoms with E-state index in [0.717, 1.165) is 5.57 Å². The Bertz CT molecular complexity index is 744. The monoisotopic (exact) mass is 296 g/mol. The summed E-state index contributed by atoms with van der Waals surface area (Å²) in [7, 11) is 0. The molecule has 1 aromatic carbocycles. The second kappa shape index (κ2) is 6.04. The molecule has 2 rings (SSSR count). The highest BCUT2D eigenvalue weighted by Gasteiger charge is 2.11. The van der Waals surface area contributed by atoms with E-state index >= 15 is 0 Å². The van der Waals surface area contributed by atoms with E-state index in [1.54, 1.807) is 12.1 Å². The lowest BCUT2D eigenvalue weighted by Gasteiger charge is -2.11. The quantitative estimate of drug-likeness (QED) is 0.211. The minimum Gasteiger partial charge on any atom is -0.398 e. The predicted octanol–water partition coefficient (Wildman–Crippen LogP) is 0.818. The van der Waals surface area contributed by atoms with Crippen LogP contribution in [0.3, 0.4) is 0 Å². The van der Waals surface area contributed by atoms with Crippen LogP contribution in [-0.2, 0) is 0 Å². The zero-order chi connectivity index (χ0) is 16.3. The van der Waals surface area contributed by atoms with Crippen LogP contribution < -0.4 is 16.8 Å². The van der Waals surface area contributed by atoms with Crippen molar-refractivity contribution in [2.75, 3.05) is 12.3 Å². The molecule has 7 nitrogen and oxygen atoms in total. The van der Waals surface area contributed by atoms with Gasteiger partial charge < -0.3 is 16.8 Å². The minimum absolute atomic E-state index is 0.109. The first-order chi connectivity index (χ1) is 10.4. The molecule has 0 unspecified atom stereocenters. The van der Waals surface area contributed by atoms with Crippen molar-refractivity contribution in [3.05, 3.63) is 53.1 Å². The average molecular weight is 296 g/mol. The number of nitrogen functional groups attached to an aromatic ring is 2. The van der Waals surface area contributed by atoms with Gasteiger partial charge in [-0.05, 0) is 35.9 Å². The van der Waals surface area contributed by atoms with Crippen LogP contribution in [0.25, 0.3) is 0 Å². The lowest BCUT2D eigenvalue weighted by molar-refractivity contribution is 0.0957. The molecule has 0 fully saturated rings. The molecule has 8 N–H and O–H groups in total. The lowest BCUT2D eigenvalue weighted by atomic mass is 10.0. The number of rotatable bonds is 4. The number of hydrogen-bond donors (Lipinski definition) is 6. The number of nitrogens with two attached hydrogens (primary N) is 2. The Kier molecular flexibility index (Phi) is 4.17. The van der Waals surface area contributed by atoms with E-state index in [4.69, 9.17) is 27.7 Å². The summed E-state index contributed by atoms with van der Waals surface area (Å²) >= 11 is 0. The van der Waals surface area contributed by atoms with Gasteiger partial charge in [0.25, 0.3) is 5.91 Å². The predicted molar refractivity (Wildman–Crippen MR) is 86.9 cm³/mol. The van der Waals surface area contributed by atoms with Crippen molar-refractivity contribution in [2.45, 2.75) is 0 Å². The highest BCUT2D eigenvalue weighted by atomic mass is 16.1. The first-order valence-electron chi connectivity index (χ1n) is 6.46. The van der Waals surface area contributed by atoms with Crippen molar-refractivity contribution >= 4 is 28.9 Å². The standard InChI is InChI=1S/C15H16N6O/c16-11-4-2-9(6-10(11)14(19)20)15(22)21-7-8-1-3-12(17)13(18)5-8/h1-6,17-18H,7,16H2,(H3,19,20)(H,21,22). The van der Waals surface area contributed by atoms with Crippen molar-refractivity contribution in [1.29, 1.82) is 16.2 Å². The van der Waals surface area contributed by atoms with E-state index in [1.165, 1.54) is 24.3 Å². The van der Waals surface area contributed by atoms with Gasteiger partial charge in [-0.25, -0.2) is 0 Å². The van der Waals surface area contributed by atoms with E-state index in [2.05, 4.69) is 5.32 Å². The number of allylic oxidation sites excluding steroid dienone is 2. The molecule has 0 saturated carbocycles. The summed E-state index contributed by atoms with van der Waals surface area (Å²) in [5.74, 6) is -0.527. The van der Waals surface area contributed by atoms with E-state index in [-0.39, 0.29) is 29.7 Å². The Balaban J connectivity index is 2.07. The lowest BCUT2D eigenvalue weighted by Crippen LogP contribution is -2.27. The maximum absolute atomic E-state index is 12.1. The molecule has 1 amide bonds. The summed E-state index contributed by atoms with van der Waals surface area (Å²) in [4.78, 5) is 12.1. The van der Waals surface area contributed by atoms with Gasteiger partial charge in [0, 0.05) is 23.4 Å². The summed E-state index contributed by atoms with van der Waals surface area (Å²) in [6, 6.07) is 4.55. The fourth-order valence-electron chi connectivity index (χ4n) is 1.92. The molecule has 0 bridgehead atoms. The van der Waals surface area contributed by atoms with Crippen molar-refractivity contribution < 1.29 is 4.79 Å². The number of amides is 1. The molecule has 22 heavy (non-hydrogen) atoms. The van der Waals surface area contributed by atoms with Gasteiger partial charge in [0.2, 0.25) is 0 Å². The maximum atomic E-state index is 12.1. The summed E-state index contributed by atoms with van der Waals surface area (Å²) in [6.07, 6.45) is 4.73. The van der Waals surface area contributed by atoms with Crippen molar-refractivity contribution in [3.8, 4) is 0 Å². The van der Waals surface area contributed by atoms with Crippen LogP contribution in [0.2, 0.25) is 0 Å². The molecular weight excluding hydrogens is 280 g/mol.